The molecule has 0 aliphatic carbocycles. The minimum atomic E-state index is -0.807. The average Bonchev–Trinajstić information content (AvgIpc) is 3.53. The lowest BCUT2D eigenvalue weighted by atomic mass is 10.1. The summed E-state index contributed by atoms with van der Waals surface area (Å²) in [5.41, 5.74) is 1.58. The topological polar surface area (TPSA) is 123 Å². The molecular formula is C26H24ClN5O4. The first-order valence-electron chi connectivity index (χ1n) is 11.3. The molecule has 2 amide bonds. The lowest BCUT2D eigenvalue weighted by Gasteiger charge is -2.22. The Labute approximate surface area is 213 Å². The molecule has 9 nitrogen and oxygen atoms in total. The number of hydrogen-bond acceptors (Lipinski definition) is 7. The van der Waals surface area contributed by atoms with E-state index in [1.165, 1.54) is 28.3 Å². The number of aromatic nitrogens is 1. The monoisotopic (exact) mass is 505 g/mol. The number of aryl methyl sites for hydroxylation is 1. The average molecular weight is 506 g/mol. The van der Waals surface area contributed by atoms with Crippen LogP contribution >= 0.6 is 11.8 Å². The van der Waals surface area contributed by atoms with Crippen LogP contribution in [0.1, 0.15) is 33.7 Å². The maximum atomic E-state index is 12.9. The highest BCUT2D eigenvalue weighted by molar-refractivity contribution is 6.24. The maximum Gasteiger partial charge on any atom is 0.270 e. The number of rotatable bonds is 7. The number of halogens is 1. The summed E-state index contributed by atoms with van der Waals surface area (Å²) >= 11 is 6.43. The molecule has 0 radical (unpaired) electrons. The van der Waals surface area contributed by atoms with Gasteiger partial charge in [0.15, 0.2) is 11.3 Å². The summed E-state index contributed by atoms with van der Waals surface area (Å²) in [6, 6.07) is 17.9. The number of nitrogens with one attached hydrogen (secondary N) is 1. The molecule has 2 heterocycles. The quantitative estimate of drug-likeness (QED) is 0.212. The number of aliphatic hydroxyl groups excluding tert-OH is 1. The Balaban J connectivity index is 1.37. The van der Waals surface area contributed by atoms with Crippen LogP contribution in [0.4, 0.5) is 5.69 Å². The number of benzene rings is 2. The summed E-state index contributed by atoms with van der Waals surface area (Å²) in [6.45, 7) is 3.87. The fourth-order valence-electron chi connectivity index (χ4n) is 4.03. The van der Waals surface area contributed by atoms with E-state index in [0.29, 0.717) is 17.8 Å². The second-order valence-electron chi connectivity index (χ2n) is 8.44. The van der Waals surface area contributed by atoms with Crippen molar-refractivity contribution in [3.8, 4) is 6.07 Å². The molecule has 4 rings (SSSR count). The highest BCUT2D eigenvalue weighted by Crippen LogP contribution is 2.23. The molecular weight excluding hydrogens is 482 g/mol. The number of nitriles is 1. The largest absolute Gasteiger partial charge is 0.506 e. The standard InChI is InChI=1S/C26H24ClN5O4/c1-17-23(14-29-36-17)24(33)22(13-28)25(34)30-20-9-7-19(8-10-20)26(35)32(27)21-11-12-31(16-21)15-18-5-3-2-4-6-18/h2-10,14,21,33H,11-12,15-16H2,1H3,(H,30,34)/b24-22-/t21-/m0/s1. The van der Waals surface area contributed by atoms with Crippen LogP contribution in [0.25, 0.3) is 5.76 Å². The molecule has 1 fully saturated rings. The first-order valence-corrected chi connectivity index (χ1v) is 11.6. The number of aliphatic hydroxyl groups is 1. The third kappa shape index (κ3) is 5.57. The zero-order valence-corrected chi connectivity index (χ0v) is 20.3. The van der Waals surface area contributed by atoms with E-state index in [1.54, 1.807) is 25.1 Å². The minimum absolute atomic E-state index is 0.116. The molecule has 1 aromatic heterocycles. The number of carbonyl (C=O) groups excluding carboxylic acids is 2. The molecule has 0 bridgehead atoms. The number of hydrogen-bond donors (Lipinski definition) is 2. The van der Waals surface area contributed by atoms with Crippen molar-refractivity contribution in [1.29, 1.82) is 5.26 Å². The van der Waals surface area contributed by atoms with E-state index in [1.807, 2.05) is 18.2 Å². The maximum absolute atomic E-state index is 12.9. The lowest BCUT2D eigenvalue weighted by molar-refractivity contribution is -0.112. The number of carbonyl (C=O) groups is 2. The van der Waals surface area contributed by atoms with Crippen LogP contribution in [-0.4, -0.2) is 50.5 Å². The summed E-state index contributed by atoms with van der Waals surface area (Å²) in [5.74, 6) is -1.40. The zero-order valence-electron chi connectivity index (χ0n) is 19.5. The fourth-order valence-corrected chi connectivity index (χ4v) is 4.29. The van der Waals surface area contributed by atoms with Crippen LogP contribution in [0.2, 0.25) is 0 Å². The van der Waals surface area contributed by atoms with Gasteiger partial charge in [0, 0.05) is 42.7 Å². The highest BCUT2D eigenvalue weighted by Gasteiger charge is 2.30. The van der Waals surface area contributed by atoms with Gasteiger partial charge in [-0.15, -0.1) is 0 Å². The van der Waals surface area contributed by atoms with Gasteiger partial charge in [0.05, 0.1) is 17.8 Å². The number of anilines is 1. The number of amides is 2. The Morgan fingerprint density at radius 1 is 1.25 bits per heavy atom. The Morgan fingerprint density at radius 3 is 2.61 bits per heavy atom. The predicted octanol–water partition coefficient (Wildman–Crippen LogP) is 4.28. The van der Waals surface area contributed by atoms with Gasteiger partial charge in [-0.05, 0) is 43.2 Å². The van der Waals surface area contributed by atoms with Crippen molar-refractivity contribution in [2.45, 2.75) is 25.9 Å². The van der Waals surface area contributed by atoms with Gasteiger partial charge in [-0.25, -0.2) is 4.42 Å². The Morgan fingerprint density at radius 2 is 1.97 bits per heavy atom. The second kappa shape index (κ2) is 11.1. The van der Waals surface area contributed by atoms with E-state index in [-0.39, 0.29) is 23.3 Å². The van der Waals surface area contributed by atoms with Crippen molar-refractivity contribution in [2.24, 2.45) is 0 Å². The first-order chi connectivity index (χ1) is 17.4. The molecule has 0 spiro atoms. The molecule has 36 heavy (non-hydrogen) atoms. The summed E-state index contributed by atoms with van der Waals surface area (Å²) in [4.78, 5) is 27.7. The van der Waals surface area contributed by atoms with Crippen molar-refractivity contribution in [2.75, 3.05) is 18.4 Å². The van der Waals surface area contributed by atoms with Crippen LogP contribution in [-0.2, 0) is 11.3 Å². The molecule has 1 saturated heterocycles. The zero-order chi connectivity index (χ0) is 25.7. The van der Waals surface area contributed by atoms with E-state index in [2.05, 4.69) is 27.5 Å². The summed E-state index contributed by atoms with van der Waals surface area (Å²) in [5, 5.41) is 25.8. The van der Waals surface area contributed by atoms with Gasteiger partial charge in [0.1, 0.15) is 11.8 Å². The molecule has 1 atom stereocenters. The molecule has 184 valence electrons. The SMILES string of the molecule is Cc1oncc1/C(O)=C(\C#N)C(=O)Nc1ccc(C(=O)N(Cl)[C@H]2CCN(Cc3ccccc3)C2)cc1. The number of likely N-dealkylation sites (tertiary alicyclic amines) is 1. The van der Waals surface area contributed by atoms with E-state index >= 15 is 0 Å². The van der Waals surface area contributed by atoms with Gasteiger partial charge in [-0.1, -0.05) is 35.5 Å². The summed E-state index contributed by atoms with van der Waals surface area (Å²) in [7, 11) is 0. The van der Waals surface area contributed by atoms with E-state index < -0.39 is 17.2 Å². The molecule has 1 aliphatic rings. The van der Waals surface area contributed by atoms with Crippen LogP contribution in [0.15, 0.2) is 70.9 Å². The molecule has 3 aromatic rings. The van der Waals surface area contributed by atoms with E-state index in [9.17, 15) is 20.0 Å². The molecule has 0 unspecified atom stereocenters. The highest BCUT2D eigenvalue weighted by atomic mass is 35.5. The Kier molecular flexibility index (Phi) is 7.68. The van der Waals surface area contributed by atoms with E-state index in [4.69, 9.17) is 16.3 Å². The smallest absolute Gasteiger partial charge is 0.270 e. The van der Waals surface area contributed by atoms with Gasteiger partial charge < -0.3 is 14.9 Å². The van der Waals surface area contributed by atoms with Crippen molar-refractivity contribution in [3.63, 3.8) is 0 Å². The van der Waals surface area contributed by atoms with Gasteiger partial charge >= 0.3 is 0 Å². The van der Waals surface area contributed by atoms with Gasteiger partial charge in [-0.2, -0.15) is 5.26 Å². The van der Waals surface area contributed by atoms with Crippen LogP contribution in [0.3, 0.4) is 0 Å². The molecule has 2 N–H and O–H groups in total. The van der Waals surface area contributed by atoms with Gasteiger partial charge in [0.25, 0.3) is 11.8 Å². The Hall–Kier alpha value is -4.13. The molecule has 2 aromatic carbocycles. The van der Waals surface area contributed by atoms with Crippen LogP contribution in [0.5, 0.6) is 0 Å². The van der Waals surface area contributed by atoms with Crippen molar-refractivity contribution >= 4 is 35.0 Å². The van der Waals surface area contributed by atoms with Crippen molar-refractivity contribution < 1.29 is 19.2 Å². The predicted molar refractivity (Wildman–Crippen MR) is 134 cm³/mol. The van der Waals surface area contributed by atoms with Crippen molar-refractivity contribution in [1.82, 2.24) is 14.5 Å². The van der Waals surface area contributed by atoms with Gasteiger partial charge in [-0.3, -0.25) is 14.5 Å². The van der Waals surface area contributed by atoms with Crippen LogP contribution in [0, 0.1) is 18.3 Å². The Bertz CT molecular complexity index is 1310. The normalized spacial score (nSPS) is 16.2. The van der Waals surface area contributed by atoms with Crippen molar-refractivity contribution in [3.05, 3.63) is 88.8 Å². The minimum Gasteiger partial charge on any atom is -0.506 e. The third-order valence-corrected chi connectivity index (χ3v) is 6.41. The van der Waals surface area contributed by atoms with E-state index in [0.717, 1.165) is 19.5 Å². The van der Waals surface area contributed by atoms with Crippen LogP contribution < -0.4 is 5.32 Å². The number of nitrogens with zero attached hydrogens (tertiary/aromatic N) is 4. The lowest BCUT2D eigenvalue weighted by Crippen LogP contribution is -2.35. The summed E-state index contributed by atoms with van der Waals surface area (Å²) < 4.78 is 6.11. The molecule has 0 saturated carbocycles. The van der Waals surface area contributed by atoms with Gasteiger partial charge in [0.2, 0.25) is 0 Å². The second-order valence-corrected chi connectivity index (χ2v) is 8.81. The molecule has 1 aliphatic heterocycles. The fraction of sp³-hybridized carbons (Fsp3) is 0.231. The first kappa shape index (κ1) is 25.0. The summed E-state index contributed by atoms with van der Waals surface area (Å²) in [6.07, 6.45) is 1.99. The third-order valence-electron chi connectivity index (χ3n) is 5.98. The molecule has 10 heteroatoms.